The number of hydrogen-bond donors (Lipinski definition) is 1. The molecule has 6 nitrogen and oxygen atoms in total. The molecule has 2 amide bonds. The van der Waals surface area contributed by atoms with Crippen molar-refractivity contribution in [1.82, 2.24) is 5.32 Å². The highest BCUT2D eigenvalue weighted by Gasteiger charge is 2.32. The fraction of sp³-hybridized carbons (Fsp3) is 0.267. The van der Waals surface area contributed by atoms with E-state index in [9.17, 15) is 14.4 Å². The minimum Gasteiger partial charge on any atom is -0.493 e. The maximum Gasteiger partial charge on any atom is 0.314 e. The molecule has 7 heteroatoms. The van der Waals surface area contributed by atoms with Gasteiger partial charge in [-0.25, -0.2) is 0 Å². The average molecular weight is 319 g/mol. The van der Waals surface area contributed by atoms with Gasteiger partial charge < -0.3 is 9.47 Å². The molecule has 0 unspecified atom stereocenters. The number of carbonyl (C=O) groups is 3. The van der Waals surface area contributed by atoms with Crippen LogP contribution in [-0.4, -0.2) is 24.2 Å². The Morgan fingerprint density at radius 1 is 1.32 bits per heavy atom. The lowest BCUT2D eigenvalue weighted by molar-refractivity contribution is -0.135. The first kappa shape index (κ1) is 14.6. The Morgan fingerprint density at radius 3 is 2.68 bits per heavy atom. The second-order valence-corrected chi connectivity index (χ2v) is 5.97. The number of benzene rings is 1. The molecular formula is C15H13NO5S. The SMILES string of the molecule is COc1ccc(/C=C2\SC(=O)NC2=O)cc1OC(=O)C1CC1. The Bertz CT molecular complexity index is 693. The van der Waals surface area contributed by atoms with E-state index in [1.807, 2.05) is 0 Å². The van der Waals surface area contributed by atoms with Crippen molar-refractivity contribution in [3.8, 4) is 11.5 Å². The van der Waals surface area contributed by atoms with Crippen LogP contribution in [0.15, 0.2) is 23.1 Å². The van der Waals surface area contributed by atoms with E-state index in [0.717, 1.165) is 24.6 Å². The third-order valence-corrected chi connectivity index (χ3v) is 4.06. The zero-order valence-electron chi connectivity index (χ0n) is 11.8. The summed E-state index contributed by atoms with van der Waals surface area (Å²) >= 11 is 0.836. The summed E-state index contributed by atoms with van der Waals surface area (Å²) in [4.78, 5) is 34.8. The third kappa shape index (κ3) is 3.14. The maximum atomic E-state index is 11.8. The Morgan fingerprint density at radius 2 is 2.09 bits per heavy atom. The topological polar surface area (TPSA) is 81.7 Å². The first-order valence-corrected chi connectivity index (χ1v) is 7.53. The summed E-state index contributed by atoms with van der Waals surface area (Å²) in [5, 5.41) is 1.79. The molecule has 0 aromatic heterocycles. The van der Waals surface area contributed by atoms with Crippen LogP contribution in [0.2, 0.25) is 0 Å². The first-order valence-electron chi connectivity index (χ1n) is 6.71. The monoisotopic (exact) mass is 319 g/mol. The van der Waals surface area contributed by atoms with E-state index in [-0.39, 0.29) is 11.9 Å². The van der Waals surface area contributed by atoms with Crippen LogP contribution >= 0.6 is 11.8 Å². The van der Waals surface area contributed by atoms with Gasteiger partial charge in [-0.05, 0) is 48.4 Å². The number of esters is 1. The number of imide groups is 1. The molecule has 0 atom stereocenters. The van der Waals surface area contributed by atoms with Gasteiger partial charge >= 0.3 is 5.97 Å². The lowest BCUT2D eigenvalue weighted by Crippen LogP contribution is -2.17. The Labute approximate surface area is 130 Å². The number of nitrogens with one attached hydrogen (secondary N) is 1. The van der Waals surface area contributed by atoms with Crippen molar-refractivity contribution < 1.29 is 23.9 Å². The molecule has 1 saturated heterocycles. The molecule has 1 N–H and O–H groups in total. The summed E-state index contributed by atoms with van der Waals surface area (Å²) < 4.78 is 10.5. The highest BCUT2D eigenvalue weighted by Crippen LogP contribution is 2.35. The van der Waals surface area contributed by atoms with Gasteiger partial charge in [-0.15, -0.1) is 0 Å². The van der Waals surface area contributed by atoms with Crippen LogP contribution in [0.1, 0.15) is 18.4 Å². The van der Waals surface area contributed by atoms with Gasteiger partial charge in [0.05, 0.1) is 17.9 Å². The van der Waals surface area contributed by atoms with Gasteiger partial charge in [0.2, 0.25) is 0 Å². The predicted molar refractivity (Wildman–Crippen MR) is 80.5 cm³/mol. The van der Waals surface area contributed by atoms with Crippen molar-refractivity contribution in [2.45, 2.75) is 12.8 Å². The molecule has 0 bridgehead atoms. The van der Waals surface area contributed by atoms with Gasteiger partial charge in [-0.1, -0.05) is 6.07 Å². The number of methoxy groups -OCH3 is 1. The molecule has 0 spiro atoms. The van der Waals surface area contributed by atoms with Gasteiger partial charge in [0.25, 0.3) is 11.1 Å². The summed E-state index contributed by atoms with van der Waals surface area (Å²) in [6.07, 6.45) is 3.27. The quantitative estimate of drug-likeness (QED) is 0.521. The van der Waals surface area contributed by atoms with Crippen LogP contribution in [-0.2, 0) is 9.59 Å². The number of hydrogen-bond acceptors (Lipinski definition) is 6. The van der Waals surface area contributed by atoms with Gasteiger partial charge in [0.15, 0.2) is 11.5 Å². The number of thioether (sulfide) groups is 1. The van der Waals surface area contributed by atoms with Crippen molar-refractivity contribution in [3.05, 3.63) is 28.7 Å². The molecule has 1 aromatic rings. The molecular weight excluding hydrogens is 306 g/mol. The van der Waals surface area contributed by atoms with E-state index in [0.29, 0.717) is 22.0 Å². The van der Waals surface area contributed by atoms with Gasteiger partial charge in [-0.2, -0.15) is 0 Å². The molecule has 1 aliphatic carbocycles. The predicted octanol–water partition coefficient (Wildman–Crippen LogP) is 2.33. The second-order valence-electron chi connectivity index (χ2n) is 4.96. The highest BCUT2D eigenvalue weighted by atomic mass is 32.2. The molecule has 1 heterocycles. The Kier molecular flexibility index (Phi) is 3.89. The summed E-state index contributed by atoms with van der Waals surface area (Å²) in [6, 6.07) is 4.99. The largest absolute Gasteiger partial charge is 0.493 e. The van der Waals surface area contributed by atoms with Crippen LogP contribution in [0, 0.1) is 5.92 Å². The molecule has 2 fully saturated rings. The zero-order chi connectivity index (χ0) is 15.7. The second kappa shape index (κ2) is 5.84. The van der Waals surface area contributed by atoms with Crippen molar-refractivity contribution in [2.24, 2.45) is 5.92 Å². The minimum atomic E-state index is -0.428. The summed E-state index contributed by atoms with van der Waals surface area (Å²) in [5.41, 5.74) is 0.645. The highest BCUT2D eigenvalue weighted by molar-refractivity contribution is 8.18. The van der Waals surface area contributed by atoms with Crippen LogP contribution < -0.4 is 14.8 Å². The third-order valence-electron chi connectivity index (χ3n) is 3.25. The molecule has 1 aliphatic heterocycles. The van der Waals surface area contributed by atoms with Crippen LogP contribution in [0.4, 0.5) is 4.79 Å². The van der Waals surface area contributed by atoms with E-state index < -0.39 is 11.1 Å². The Hall–Kier alpha value is -2.28. The molecule has 0 radical (unpaired) electrons. The lowest BCUT2D eigenvalue weighted by Gasteiger charge is -2.09. The van der Waals surface area contributed by atoms with E-state index in [1.165, 1.54) is 7.11 Å². The minimum absolute atomic E-state index is 0.0273. The summed E-state index contributed by atoms with van der Waals surface area (Å²) in [6.45, 7) is 0. The Balaban J connectivity index is 1.86. The molecule has 1 saturated carbocycles. The maximum absolute atomic E-state index is 11.8. The molecule has 1 aromatic carbocycles. The van der Waals surface area contributed by atoms with E-state index in [4.69, 9.17) is 9.47 Å². The summed E-state index contributed by atoms with van der Waals surface area (Å²) in [5.74, 6) is 0.0216. The average Bonchev–Trinajstić information content (AvgIpc) is 3.27. The fourth-order valence-electron chi connectivity index (χ4n) is 1.95. The number of amides is 2. The molecule has 2 aliphatic rings. The normalized spacial score (nSPS) is 19.2. The fourth-order valence-corrected chi connectivity index (χ4v) is 2.63. The zero-order valence-corrected chi connectivity index (χ0v) is 12.6. The van der Waals surface area contributed by atoms with Gasteiger partial charge in [0, 0.05) is 0 Å². The molecule has 22 heavy (non-hydrogen) atoms. The standard InChI is InChI=1S/C15H13NO5S/c1-20-10-5-2-8(7-12-13(17)16-15(19)22-12)6-11(10)21-14(18)9-3-4-9/h2,5-7,9H,3-4H2,1H3,(H,16,17,19)/b12-7-. The van der Waals surface area contributed by atoms with Crippen molar-refractivity contribution in [2.75, 3.05) is 7.11 Å². The van der Waals surface area contributed by atoms with E-state index >= 15 is 0 Å². The van der Waals surface area contributed by atoms with E-state index in [2.05, 4.69) is 5.32 Å². The number of rotatable bonds is 4. The van der Waals surface area contributed by atoms with Crippen molar-refractivity contribution in [1.29, 1.82) is 0 Å². The molecule has 114 valence electrons. The summed E-state index contributed by atoms with van der Waals surface area (Å²) in [7, 11) is 1.49. The van der Waals surface area contributed by atoms with Crippen LogP contribution in [0.5, 0.6) is 11.5 Å². The smallest absolute Gasteiger partial charge is 0.314 e. The van der Waals surface area contributed by atoms with E-state index in [1.54, 1.807) is 24.3 Å². The first-order chi connectivity index (χ1) is 10.6. The van der Waals surface area contributed by atoms with Crippen molar-refractivity contribution in [3.63, 3.8) is 0 Å². The van der Waals surface area contributed by atoms with Gasteiger partial charge in [0.1, 0.15) is 0 Å². The van der Waals surface area contributed by atoms with Crippen molar-refractivity contribution >= 4 is 35.0 Å². The van der Waals surface area contributed by atoms with Crippen LogP contribution in [0.25, 0.3) is 6.08 Å². The lowest BCUT2D eigenvalue weighted by atomic mass is 10.2. The number of carbonyl (C=O) groups excluding carboxylic acids is 3. The number of ether oxygens (including phenoxy) is 2. The van der Waals surface area contributed by atoms with Gasteiger partial charge in [-0.3, -0.25) is 19.7 Å². The molecule has 3 rings (SSSR count). The van der Waals surface area contributed by atoms with Crippen LogP contribution in [0.3, 0.4) is 0 Å².